The van der Waals surface area contributed by atoms with Gasteiger partial charge in [0.2, 0.25) is 0 Å². The third-order valence-electron chi connectivity index (χ3n) is 4.92. The zero-order valence-electron chi connectivity index (χ0n) is 12.7. The predicted octanol–water partition coefficient (Wildman–Crippen LogP) is 1.53. The average molecular weight is 298 g/mol. The molecule has 0 aromatic heterocycles. The van der Waals surface area contributed by atoms with Gasteiger partial charge in [-0.05, 0) is 38.0 Å². The zero-order chi connectivity index (χ0) is 15.4. The lowest BCUT2D eigenvalue weighted by molar-refractivity contribution is -0.144. The summed E-state index contributed by atoms with van der Waals surface area (Å²) in [6.45, 7) is 2.78. The van der Waals surface area contributed by atoms with Gasteiger partial charge in [0, 0.05) is 19.1 Å². The molecule has 2 amide bonds. The van der Waals surface area contributed by atoms with Gasteiger partial charge in [0.25, 0.3) is 0 Å². The molecule has 1 saturated carbocycles. The maximum absolute atomic E-state index is 12.7. The van der Waals surface area contributed by atoms with Gasteiger partial charge in [0.15, 0.2) is 0 Å². The predicted molar refractivity (Wildman–Crippen MR) is 78.0 cm³/mol. The topological polar surface area (TPSA) is 81.1 Å². The van der Waals surface area contributed by atoms with Crippen LogP contribution in [0.3, 0.4) is 0 Å². The normalized spacial score (nSPS) is 26.3. The number of hydrogen-bond acceptors (Lipinski definition) is 3. The van der Waals surface area contributed by atoms with E-state index >= 15 is 0 Å². The number of amides is 2. The van der Waals surface area contributed by atoms with Gasteiger partial charge < -0.3 is 20.0 Å². The summed E-state index contributed by atoms with van der Waals surface area (Å²) in [5.41, 5.74) is 0. The second-order valence-corrected chi connectivity index (χ2v) is 6.13. The maximum Gasteiger partial charge on any atom is 0.326 e. The highest BCUT2D eigenvalue weighted by atomic mass is 16.4. The number of rotatable bonds is 5. The van der Waals surface area contributed by atoms with Gasteiger partial charge in [-0.25, -0.2) is 9.59 Å². The molecule has 21 heavy (non-hydrogen) atoms. The van der Waals surface area contributed by atoms with Gasteiger partial charge in [-0.1, -0.05) is 13.3 Å². The lowest BCUT2D eigenvalue weighted by Gasteiger charge is -2.44. The molecule has 6 nitrogen and oxygen atoms in total. The maximum atomic E-state index is 12.7. The molecule has 0 aromatic rings. The third-order valence-corrected chi connectivity index (χ3v) is 4.92. The fraction of sp³-hybridized carbons (Fsp3) is 0.867. The van der Waals surface area contributed by atoms with E-state index in [0.29, 0.717) is 25.4 Å². The molecule has 2 aliphatic rings. The molecule has 2 atom stereocenters. The number of likely N-dealkylation sites (tertiary alicyclic amines) is 1. The average Bonchev–Trinajstić information content (AvgIpc) is 2.43. The highest BCUT2D eigenvalue weighted by Crippen LogP contribution is 2.30. The van der Waals surface area contributed by atoms with Crippen LogP contribution in [0.5, 0.6) is 0 Å². The Labute approximate surface area is 125 Å². The Balaban J connectivity index is 2.08. The summed E-state index contributed by atoms with van der Waals surface area (Å²) >= 11 is 0. The highest BCUT2D eigenvalue weighted by Gasteiger charge is 2.39. The van der Waals surface area contributed by atoms with Crippen molar-refractivity contribution < 1.29 is 19.8 Å². The van der Waals surface area contributed by atoms with E-state index in [1.165, 1.54) is 4.90 Å². The molecular formula is C15H26N2O4. The van der Waals surface area contributed by atoms with Crippen molar-refractivity contribution in [3.05, 3.63) is 0 Å². The van der Waals surface area contributed by atoms with E-state index in [-0.39, 0.29) is 18.7 Å². The Hall–Kier alpha value is -1.30. The van der Waals surface area contributed by atoms with Gasteiger partial charge in [-0.15, -0.1) is 0 Å². The molecule has 2 rings (SSSR count). The molecule has 120 valence electrons. The standard InChI is InChI=1S/C15H26N2O4/c1-2-11-6-7-17(13(10-11)14(19)20)15(21)16(8-9-18)12-4-3-5-12/h11-13,18H,2-10H2,1H3,(H,19,20). The number of urea groups is 1. The van der Waals surface area contributed by atoms with Gasteiger partial charge in [-0.2, -0.15) is 0 Å². The minimum atomic E-state index is -0.918. The second-order valence-electron chi connectivity index (χ2n) is 6.13. The number of nitrogens with zero attached hydrogens (tertiary/aromatic N) is 2. The van der Waals surface area contributed by atoms with Crippen LogP contribution in [0, 0.1) is 5.92 Å². The molecule has 0 aromatic carbocycles. The van der Waals surface area contributed by atoms with Crippen LogP contribution in [0.15, 0.2) is 0 Å². The molecule has 2 N–H and O–H groups in total. The van der Waals surface area contributed by atoms with E-state index in [1.54, 1.807) is 4.90 Å². The van der Waals surface area contributed by atoms with Crippen molar-refractivity contribution in [3.63, 3.8) is 0 Å². The summed E-state index contributed by atoms with van der Waals surface area (Å²) in [4.78, 5) is 27.4. The molecule has 0 radical (unpaired) electrons. The Bertz CT molecular complexity index is 384. The van der Waals surface area contributed by atoms with Crippen LogP contribution in [-0.2, 0) is 4.79 Å². The molecule has 1 heterocycles. The van der Waals surface area contributed by atoms with Gasteiger partial charge >= 0.3 is 12.0 Å². The molecule has 2 fully saturated rings. The number of carboxylic acids is 1. The molecule has 0 spiro atoms. The summed E-state index contributed by atoms with van der Waals surface area (Å²) in [6.07, 6.45) is 5.36. The number of piperidine rings is 1. The number of carboxylic acid groups (broad SMARTS) is 1. The van der Waals surface area contributed by atoms with Crippen molar-refractivity contribution in [2.45, 2.75) is 57.5 Å². The van der Waals surface area contributed by atoms with Crippen molar-refractivity contribution in [1.29, 1.82) is 0 Å². The third kappa shape index (κ3) is 3.48. The first-order chi connectivity index (χ1) is 10.1. The number of aliphatic hydroxyl groups excluding tert-OH is 1. The number of hydrogen-bond donors (Lipinski definition) is 2. The van der Waals surface area contributed by atoms with E-state index in [4.69, 9.17) is 0 Å². The minimum absolute atomic E-state index is 0.0780. The van der Waals surface area contributed by atoms with E-state index in [1.807, 2.05) is 0 Å². The quantitative estimate of drug-likeness (QED) is 0.806. The molecule has 1 aliphatic heterocycles. The zero-order valence-corrected chi connectivity index (χ0v) is 12.7. The summed E-state index contributed by atoms with van der Waals surface area (Å²) in [7, 11) is 0. The Morgan fingerprint density at radius 1 is 1.29 bits per heavy atom. The van der Waals surface area contributed by atoms with Crippen molar-refractivity contribution in [2.75, 3.05) is 19.7 Å². The van der Waals surface area contributed by atoms with E-state index in [0.717, 1.165) is 32.1 Å². The monoisotopic (exact) mass is 298 g/mol. The molecule has 1 aliphatic carbocycles. The number of aliphatic carboxylic acids is 1. The summed E-state index contributed by atoms with van der Waals surface area (Å²) in [6, 6.07) is -0.767. The fourth-order valence-electron chi connectivity index (χ4n) is 3.28. The van der Waals surface area contributed by atoms with Crippen LogP contribution in [0.2, 0.25) is 0 Å². The molecule has 1 saturated heterocycles. The summed E-state index contributed by atoms with van der Waals surface area (Å²) in [5.74, 6) is -0.538. The first-order valence-corrected chi connectivity index (χ1v) is 7.99. The molecule has 0 bridgehead atoms. The Morgan fingerprint density at radius 3 is 2.48 bits per heavy atom. The summed E-state index contributed by atoms with van der Waals surface area (Å²) < 4.78 is 0. The van der Waals surface area contributed by atoms with E-state index in [2.05, 4.69) is 6.92 Å². The van der Waals surface area contributed by atoms with Gasteiger partial charge in [-0.3, -0.25) is 0 Å². The van der Waals surface area contributed by atoms with E-state index in [9.17, 15) is 19.8 Å². The molecule has 6 heteroatoms. The first kappa shape index (κ1) is 16.1. The number of carbonyl (C=O) groups excluding carboxylic acids is 1. The SMILES string of the molecule is CCC1CCN(C(=O)N(CCO)C2CCC2)C(C(=O)O)C1. The van der Waals surface area contributed by atoms with Gasteiger partial charge in [0.05, 0.1) is 6.61 Å². The van der Waals surface area contributed by atoms with Crippen molar-refractivity contribution >= 4 is 12.0 Å². The smallest absolute Gasteiger partial charge is 0.326 e. The lowest BCUT2D eigenvalue weighted by atomic mass is 9.88. The Kier molecular flexibility index (Phi) is 5.45. The first-order valence-electron chi connectivity index (χ1n) is 7.99. The highest BCUT2D eigenvalue weighted by molar-refractivity contribution is 5.83. The Morgan fingerprint density at radius 2 is 2.00 bits per heavy atom. The van der Waals surface area contributed by atoms with Crippen LogP contribution in [0.25, 0.3) is 0 Å². The fourth-order valence-corrected chi connectivity index (χ4v) is 3.28. The van der Waals surface area contributed by atoms with Gasteiger partial charge in [0.1, 0.15) is 6.04 Å². The second kappa shape index (κ2) is 7.11. The van der Waals surface area contributed by atoms with E-state index < -0.39 is 12.0 Å². The molecule has 2 unspecified atom stereocenters. The van der Waals surface area contributed by atoms with Crippen molar-refractivity contribution in [1.82, 2.24) is 9.80 Å². The number of aliphatic hydroxyl groups is 1. The van der Waals surface area contributed by atoms with Crippen LogP contribution in [-0.4, -0.2) is 63.8 Å². The lowest BCUT2D eigenvalue weighted by Crippen LogP contribution is -2.58. The van der Waals surface area contributed by atoms with Crippen LogP contribution >= 0.6 is 0 Å². The number of carbonyl (C=O) groups is 2. The van der Waals surface area contributed by atoms with Crippen LogP contribution < -0.4 is 0 Å². The van der Waals surface area contributed by atoms with Crippen LogP contribution in [0.1, 0.15) is 45.4 Å². The molecular weight excluding hydrogens is 272 g/mol. The van der Waals surface area contributed by atoms with Crippen LogP contribution in [0.4, 0.5) is 4.79 Å². The van der Waals surface area contributed by atoms with Crippen molar-refractivity contribution in [3.8, 4) is 0 Å². The van der Waals surface area contributed by atoms with Crippen molar-refractivity contribution in [2.24, 2.45) is 5.92 Å². The largest absolute Gasteiger partial charge is 0.480 e. The summed E-state index contributed by atoms with van der Waals surface area (Å²) in [5, 5.41) is 18.6. The minimum Gasteiger partial charge on any atom is -0.480 e.